The standard InChI is InChI=1S/C57H104O6/c1-4-7-10-13-16-19-22-23-24-25-26-27-28-29-30-31-32-33-36-38-41-44-47-50-56(59)62-53-54(63-57(60)51-48-45-42-39-35-21-18-15-12-9-6-3)52-61-55(58)49-46-43-40-37-34-20-17-14-11-8-5-2/h14-15,17-18,25-26,54H,4-13,16,19-24,27-53H2,1-3H3/b17-14-,18-15-,26-25-. The van der Waals surface area contributed by atoms with Crippen molar-refractivity contribution < 1.29 is 28.6 Å². The van der Waals surface area contributed by atoms with Gasteiger partial charge in [-0.3, -0.25) is 14.4 Å². The molecule has 0 heterocycles. The fourth-order valence-corrected chi connectivity index (χ4v) is 7.87. The maximum absolute atomic E-state index is 12.8. The molecule has 0 aliphatic carbocycles. The van der Waals surface area contributed by atoms with Crippen molar-refractivity contribution in [1.82, 2.24) is 0 Å². The van der Waals surface area contributed by atoms with Gasteiger partial charge in [0.15, 0.2) is 6.10 Å². The van der Waals surface area contributed by atoms with E-state index in [1.807, 2.05) is 0 Å². The highest BCUT2D eigenvalue weighted by Gasteiger charge is 2.19. The van der Waals surface area contributed by atoms with Crippen LogP contribution in [-0.4, -0.2) is 37.2 Å². The van der Waals surface area contributed by atoms with E-state index >= 15 is 0 Å². The predicted octanol–water partition coefficient (Wildman–Crippen LogP) is 18.1. The quantitative estimate of drug-likeness (QED) is 0.0262. The van der Waals surface area contributed by atoms with E-state index in [2.05, 4.69) is 57.2 Å². The molecule has 0 aliphatic rings. The largest absolute Gasteiger partial charge is 0.462 e. The van der Waals surface area contributed by atoms with Crippen LogP contribution in [0.1, 0.15) is 290 Å². The minimum absolute atomic E-state index is 0.0768. The number of hydrogen-bond acceptors (Lipinski definition) is 6. The Labute approximate surface area is 391 Å². The summed E-state index contributed by atoms with van der Waals surface area (Å²) >= 11 is 0. The number of unbranched alkanes of at least 4 members (excludes halogenated alkanes) is 33. The molecule has 6 heteroatoms. The number of allylic oxidation sites excluding steroid dienone is 6. The highest BCUT2D eigenvalue weighted by atomic mass is 16.6. The summed E-state index contributed by atoms with van der Waals surface area (Å²) in [5, 5.41) is 0. The molecule has 0 aromatic carbocycles. The normalized spacial score (nSPS) is 12.2. The molecule has 0 amide bonds. The molecule has 0 fully saturated rings. The number of ether oxygens (including phenoxy) is 3. The molecular formula is C57H104O6. The number of carbonyl (C=O) groups excluding carboxylic acids is 3. The Bertz CT molecular complexity index is 1060. The summed E-state index contributed by atoms with van der Waals surface area (Å²) in [6.07, 6.45) is 61.5. The van der Waals surface area contributed by atoms with Crippen LogP contribution in [0.2, 0.25) is 0 Å². The number of esters is 3. The third-order valence-electron chi connectivity index (χ3n) is 12.1. The van der Waals surface area contributed by atoms with E-state index in [0.717, 1.165) is 77.0 Å². The average Bonchev–Trinajstić information content (AvgIpc) is 3.28. The number of carbonyl (C=O) groups is 3. The SMILES string of the molecule is CCCC/C=C\CCCCCCCC(=O)OCC(COC(=O)CCCCCCCCCCCCC/C=C\CCCCCCCCCC)OC(=O)CCCCCCC/C=C\CCCC. The lowest BCUT2D eigenvalue weighted by molar-refractivity contribution is -0.167. The molecule has 0 radical (unpaired) electrons. The molecule has 0 saturated carbocycles. The molecule has 0 aromatic rings. The third-order valence-corrected chi connectivity index (χ3v) is 12.1. The van der Waals surface area contributed by atoms with Gasteiger partial charge < -0.3 is 14.2 Å². The lowest BCUT2D eigenvalue weighted by Gasteiger charge is -2.18. The molecule has 1 atom stereocenters. The van der Waals surface area contributed by atoms with Crippen LogP contribution in [0.3, 0.4) is 0 Å². The Morgan fingerprint density at radius 2 is 0.540 bits per heavy atom. The van der Waals surface area contributed by atoms with Crippen LogP contribution in [0, 0.1) is 0 Å². The maximum atomic E-state index is 12.8. The first-order valence-electron chi connectivity index (χ1n) is 27.5. The van der Waals surface area contributed by atoms with Gasteiger partial charge in [0.2, 0.25) is 0 Å². The topological polar surface area (TPSA) is 78.9 Å². The van der Waals surface area contributed by atoms with E-state index in [-0.39, 0.29) is 31.1 Å². The lowest BCUT2D eigenvalue weighted by Crippen LogP contribution is -2.30. The number of rotatable bonds is 50. The van der Waals surface area contributed by atoms with Gasteiger partial charge in [-0.2, -0.15) is 0 Å². The molecule has 0 aliphatic heterocycles. The summed E-state index contributed by atoms with van der Waals surface area (Å²) in [4.78, 5) is 37.9. The summed E-state index contributed by atoms with van der Waals surface area (Å²) < 4.78 is 16.8. The second kappa shape index (κ2) is 52.3. The molecule has 0 aromatic heterocycles. The van der Waals surface area contributed by atoms with E-state index in [4.69, 9.17) is 14.2 Å². The average molecular weight is 885 g/mol. The first kappa shape index (κ1) is 60.6. The first-order chi connectivity index (χ1) is 31.0. The van der Waals surface area contributed by atoms with Gasteiger partial charge in [-0.05, 0) is 83.5 Å². The van der Waals surface area contributed by atoms with Crippen LogP contribution in [0.25, 0.3) is 0 Å². The van der Waals surface area contributed by atoms with Crippen LogP contribution in [-0.2, 0) is 28.6 Å². The second-order valence-electron chi connectivity index (χ2n) is 18.5. The van der Waals surface area contributed by atoms with Crippen molar-refractivity contribution in [2.45, 2.75) is 297 Å². The van der Waals surface area contributed by atoms with E-state index in [0.29, 0.717) is 19.3 Å². The summed E-state index contributed by atoms with van der Waals surface area (Å²) in [5.41, 5.74) is 0. The Morgan fingerprint density at radius 3 is 0.841 bits per heavy atom. The van der Waals surface area contributed by atoms with Crippen LogP contribution in [0.4, 0.5) is 0 Å². The van der Waals surface area contributed by atoms with Crippen LogP contribution in [0.15, 0.2) is 36.5 Å². The van der Waals surface area contributed by atoms with Gasteiger partial charge in [-0.25, -0.2) is 0 Å². The highest BCUT2D eigenvalue weighted by Crippen LogP contribution is 2.16. The molecular weight excluding hydrogens is 781 g/mol. The van der Waals surface area contributed by atoms with Crippen LogP contribution in [0.5, 0.6) is 0 Å². The summed E-state index contributed by atoms with van der Waals surface area (Å²) in [5.74, 6) is -0.888. The maximum Gasteiger partial charge on any atom is 0.306 e. The molecule has 0 bridgehead atoms. The smallest absolute Gasteiger partial charge is 0.306 e. The second-order valence-corrected chi connectivity index (χ2v) is 18.5. The van der Waals surface area contributed by atoms with Gasteiger partial charge in [0.1, 0.15) is 13.2 Å². The van der Waals surface area contributed by atoms with Gasteiger partial charge in [-0.15, -0.1) is 0 Å². The molecule has 0 saturated heterocycles. The van der Waals surface area contributed by atoms with E-state index in [1.165, 1.54) is 173 Å². The zero-order valence-electron chi connectivity index (χ0n) is 42.1. The minimum atomic E-state index is -0.776. The van der Waals surface area contributed by atoms with Crippen molar-refractivity contribution >= 4 is 17.9 Å². The van der Waals surface area contributed by atoms with Crippen molar-refractivity contribution in [2.24, 2.45) is 0 Å². The van der Waals surface area contributed by atoms with Gasteiger partial charge in [-0.1, -0.05) is 224 Å². The zero-order chi connectivity index (χ0) is 45.8. The molecule has 1 unspecified atom stereocenters. The molecule has 0 spiro atoms. The molecule has 0 N–H and O–H groups in total. The summed E-state index contributed by atoms with van der Waals surface area (Å²) in [6.45, 7) is 6.57. The zero-order valence-corrected chi connectivity index (χ0v) is 42.1. The van der Waals surface area contributed by atoms with Crippen molar-refractivity contribution in [1.29, 1.82) is 0 Å². The molecule has 0 rings (SSSR count). The van der Waals surface area contributed by atoms with Gasteiger partial charge in [0.25, 0.3) is 0 Å². The molecule has 368 valence electrons. The van der Waals surface area contributed by atoms with Crippen molar-refractivity contribution in [3.63, 3.8) is 0 Å². The molecule has 6 nitrogen and oxygen atoms in total. The van der Waals surface area contributed by atoms with Crippen LogP contribution >= 0.6 is 0 Å². The predicted molar refractivity (Wildman–Crippen MR) is 270 cm³/mol. The Hall–Kier alpha value is -2.37. The Kier molecular flexibility index (Phi) is 50.3. The fraction of sp³-hybridized carbons (Fsp3) is 0.842. The Balaban J connectivity index is 4.20. The number of hydrogen-bond donors (Lipinski definition) is 0. The monoisotopic (exact) mass is 885 g/mol. The Morgan fingerprint density at radius 1 is 0.302 bits per heavy atom. The summed E-state index contributed by atoms with van der Waals surface area (Å²) in [7, 11) is 0. The van der Waals surface area contributed by atoms with Crippen molar-refractivity contribution in [3.8, 4) is 0 Å². The highest BCUT2D eigenvalue weighted by molar-refractivity contribution is 5.71. The van der Waals surface area contributed by atoms with E-state index < -0.39 is 6.10 Å². The molecule has 63 heavy (non-hydrogen) atoms. The minimum Gasteiger partial charge on any atom is -0.462 e. The third kappa shape index (κ3) is 50.5. The summed E-state index contributed by atoms with van der Waals surface area (Å²) in [6, 6.07) is 0. The van der Waals surface area contributed by atoms with Gasteiger partial charge in [0, 0.05) is 19.3 Å². The van der Waals surface area contributed by atoms with Gasteiger partial charge in [0.05, 0.1) is 0 Å². The van der Waals surface area contributed by atoms with E-state index in [1.54, 1.807) is 0 Å². The van der Waals surface area contributed by atoms with Crippen LogP contribution < -0.4 is 0 Å². The van der Waals surface area contributed by atoms with Crippen molar-refractivity contribution in [2.75, 3.05) is 13.2 Å². The first-order valence-corrected chi connectivity index (χ1v) is 27.5. The lowest BCUT2D eigenvalue weighted by atomic mass is 10.0. The van der Waals surface area contributed by atoms with Crippen molar-refractivity contribution in [3.05, 3.63) is 36.5 Å². The fourth-order valence-electron chi connectivity index (χ4n) is 7.87. The van der Waals surface area contributed by atoms with E-state index in [9.17, 15) is 14.4 Å². The van der Waals surface area contributed by atoms with Gasteiger partial charge >= 0.3 is 17.9 Å².